The Morgan fingerprint density at radius 3 is 2.55 bits per heavy atom. The van der Waals surface area contributed by atoms with E-state index in [0.717, 1.165) is 54.0 Å². The number of para-hydroxylation sites is 1. The van der Waals surface area contributed by atoms with Gasteiger partial charge in [0.1, 0.15) is 17.3 Å². The van der Waals surface area contributed by atoms with Crippen molar-refractivity contribution in [2.24, 2.45) is 0 Å². The fourth-order valence-corrected chi connectivity index (χ4v) is 4.27. The Kier molecular flexibility index (Phi) is 5.08. The molecule has 0 radical (unpaired) electrons. The number of piperazine rings is 1. The first-order chi connectivity index (χ1) is 15.1. The third kappa shape index (κ3) is 3.43. The summed E-state index contributed by atoms with van der Waals surface area (Å²) in [5.41, 5.74) is 4.36. The molecule has 2 aromatic carbocycles. The van der Waals surface area contributed by atoms with Crippen molar-refractivity contribution in [3.8, 4) is 17.3 Å². The number of anilines is 1. The predicted octanol–water partition coefficient (Wildman–Crippen LogP) is 4.98. The van der Waals surface area contributed by atoms with Crippen LogP contribution >= 0.6 is 0 Å². The number of pyridine rings is 1. The first kappa shape index (κ1) is 19.6. The number of aromatic nitrogens is 2. The maximum absolute atomic E-state index is 14.4. The summed E-state index contributed by atoms with van der Waals surface area (Å²) in [5.74, 6) is 0.977. The van der Waals surface area contributed by atoms with Gasteiger partial charge in [-0.25, -0.2) is 4.39 Å². The van der Waals surface area contributed by atoms with E-state index in [-0.39, 0.29) is 5.82 Å². The zero-order valence-electron chi connectivity index (χ0n) is 17.7. The number of nitrogens with zero attached hydrogens (tertiary/aromatic N) is 3. The largest absolute Gasteiger partial charge is 0.438 e. The van der Waals surface area contributed by atoms with Gasteiger partial charge in [0, 0.05) is 49.0 Å². The molecule has 0 spiro atoms. The molecule has 1 fully saturated rings. The van der Waals surface area contributed by atoms with Crippen LogP contribution in [0.4, 0.5) is 10.1 Å². The Hall–Kier alpha value is -3.38. The van der Waals surface area contributed by atoms with Crippen LogP contribution < -0.4 is 15.0 Å². The van der Waals surface area contributed by atoms with Crippen molar-refractivity contribution in [2.45, 2.75) is 13.8 Å². The number of halogens is 1. The van der Waals surface area contributed by atoms with E-state index in [1.54, 1.807) is 13.0 Å². The lowest BCUT2D eigenvalue weighted by atomic mass is 10.1. The SMILES string of the molecule is Cc1ccc(F)c(C)c1Oc1c(N2CCNCC2)c2ccncc2n1-c1ccccc1. The highest BCUT2D eigenvalue weighted by molar-refractivity contribution is 5.98. The number of benzene rings is 2. The van der Waals surface area contributed by atoms with E-state index in [9.17, 15) is 4.39 Å². The molecule has 5 nitrogen and oxygen atoms in total. The van der Waals surface area contributed by atoms with Crippen LogP contribution in [0.1, 0.15) is 11.1 Å². The van der Waals surface area contributed by atoms with Crippen LogP contribution in [0.15, 0.2) is 60.9 Å². The molecule has 2 aromatic heterocycles. The third-order valence-corrected chi connectivity index (χ3v) is 5.88. The second-order valence-corrected chi connectivity index (χ2v) is 7.88. The highest BCUT2D eigenvalue weighted by atomic mass is 19.1. The van der Waals surface area contributed by atoms with Gasteiger partial charge < -0.3 is 15.0 Å². The number of nitrogens with one attached hydrogen (secondary N) is 1. The van der Waals surface area contributed by atoms with E-state index in [0.29, 0.717) is 17.2 Å². The Labute approximate surface area is 181 Å². The molecular weight excluding hydrogens is 391 g/mol. The van der Waals surface area contributed by atoms with Crippen LogP contribution in [0.25, 0.3) is 16.6 Å². The van der Waals surface area contributed by atoms with Gasteiger partial charge in [-0.15, -0.1) is 0 Å². The van der Waals surface area contributed by atoms with Gasteiger partial charge in [-0.3, -0.25) is 9.55 Å². The molecule has 5 rings (SSSR count). The predicted molar refractivity (Wildman–Crippen MR) is 122 cm³/mol. The maximum atomic E-state index is 14.4. The van der Waals surface area contributed by atoms with Crippen molar-refractivity contribution in [3.63, 3.8) is 0 Å². The van der Waals surface area contributed by atoms with Gasteiger partial charge in [0.15, 0.2) is 0 Å². The van der Waals surface area contributed by atoms with Crippen molar-refractivity contribution in [1.82, 2.24) is 14.9 Å². The first-order valence-corrected chi connectivity index (χ1v) is 10.6. The molecule has 1 N–H and O–H groups in total. The van der Waals surface area contributed by atoms with E-state index in [2.05, 4.69) is 19.8 Å². The van der Waals surface area contributed by atoms with Crippen LogP contribution in [-0.2, 0) is 0 Å². The molecule has 0 aliphatic carbocycles. The van der Waals surface area contributed by atoms with E-state index >= 15 is 0 Å². The van der Waals surface area contributed by atoms with Crippen molar-refractivity contribution >= 4 is 16.6 Å². The number of rotatable bonds is 4. The monoisotopic (exact) mass is 416 g/mol. The molecule has 0 unspecified atom stereocenters. The number of hydrogen-bond acceptors (Lipinski definition) is 4. The van der Waals surface area contributed by atoms with Crippen LogP contribution in [0.5, 0.6) is 11.6 Å². The average molecular weight is 417 g/mol. The zero-order valence-corrected chi connectivity index (χ0v) is 17.7. The summed E-state index contributed by atoms with van der Waals surface area (Å²) in [6.07, 6.45) is 3.68. The molecular formula is C25H25FN4O. The summed E-state index contributed by atoms with van der Waals surface area (Å²) in [6, 6.07) is 15.4. The van der Waals surface area contributed by atoms with E-state index in [1.165, 1.54) is 6.07 Å². The fraction of sp³-hybridized carbons (Fsp3) is 0.240. The molecule has 31 heavy (non-hydrogen) atoms. The number of aryl methyl sites for hydroxylation is 1. The van der Waals surface area contributed by atoms with Crippen LogP contribution in [0, 0.1) is 19.7 Å². The Bertz CT molecular complexity index is 1230. The number of hydrogen-bond donors (Lipinski definition) is 1. The lowest BCUT2D eigenvalue weighted by Crippen LogP contribution is -2.43. The lowest BCUT2D eigenvalue weighted by molar-refractivity contribution is 0.440. The van der Waals surface area contributed by atoms with Gasteiger partial charge >= 0.3 is 0 Å². The number of fused-ring (bicyclic) bond motifs is 1. The molecule has 1 saturated heterocycles. The molecule has 0 saturated carbocycles. The molecule has 158 valence electrons. The van der Waals surface area contributed by atoms with E-state index in [4.69, 9.17) is 4.74 Å². The van der Waals surface area contributed by atoms with Gasteiger partial charge in [0.25, 0.3) is 0 Å². The van der Waals surface area contributed by atoms with Crippen molar-refractivity contribution < 1.29 is 9.13 Å². The van der Waals surface area contributed by atoms with Crippen molar-refractivity contribution in [3.05, 3.63) is 77.9 Å². The van der Waals surface area contributed by atoms with Crippen LogP contribution in [-0.4, -0.2) is 35.7 Å². The quantitative estimate of drug-likeness (QED) is 0.509. The van der Waals surface area contributed by atoms with E-state index < -0.39 is 0 Å². The van der Waals surface area contributed by atoms with Gasteiger partial charge in [-0.05, 0) is 43.7 Å². The second kappa shape index (κ2) is 8.04. The molecule has 0 atom stereocenters. The molecule has 3 heterocycles. The molecule has 1 aliphatic rings. The summed E-state index contributed by atoms with van der Waals surface area (Å²) in [6.45, 7) is 7.26. The molecule has 6 heteroatoms. The van der Waals surface area contributed by atoms with Crippen molar-refractivity contribution in [2.75, 3.05) is 31.1 Å². The highest BCUT2D eigenvalue weighted by Crippen LogP contribution is 2.45. The summed E-state index contributed by atoms with van der Waals surface area (Å²) in [7, 11) is 0. The molecule has 0 amide bonds. The minimum atomic E-state index is -0.270. The maximum Gasteiger partial charge on any atom is 0.229 e. The first-order valence-electron chi connectivity index (χ1n) is 10.6. The van der Waals surface area contributed by atoms with Gasteiger partial charge in [0.05, 0.1) is 11.7 Å². The fourth-order valence-electron chi connectivity index (χ4n) is 4.27. The second-order valence-electron chi connectivity index (χ2n) is 7.88. The van der Waals surface area contributed by atoms with Gasteiger partial charge in [0.2, 0.25) is 5.88 Å². The minimum absolute atomic E-state index is 0.270. The summed E-state index contributed by atoms with van der Waals surface area (Å²) >= 11 is 0. The average Bonchev–Trinajstić information content (AvgIpc) is 3.14. The topological polar surface area (TPSA) is 42.3 Å². The smallest absolute Gasteiger partial charge is 0.229 e. The van der Waals surface area contributed by atoms with Crippen molar-refractivity contribution in [1.29, 1.82) is 0 Å². The summed E-state index contributed by atoms with van der Waals surface area (Å²) < 4.78 is 23.1. The lowest BCUT2D eigenvalue weighted by Gasteiger charge is -2.30. The number of ether oxygens (including phenoxy) is 1. The van der Waals surface area contributed by atoms with Crippen LogP contribution in [0.2, 0.25) is 0 Å². The standard InChI is InChI=1S/C25H25FN4O/c1-17-8-9-21(26)18(2)24(17)31-25-23(29-14-12-27-13-15-29)20-10-11-28-16-22(20)30(25)19-6-4-3-5-7-19/h3-11,16,27H,12-15H2,1-2H3. The third-order valence-electron chi connectivity index (χ3n) is 5.88. The normalized spacial score (nSPS) is 14.2. The van der Waals surface area contributed by atoms with Gasteiger partial charge in [-0.2, -0.15) is 0 Å². The van der Waals surface area contributed by atoms with Crippen LogP contribution in [0.3, 0.4) is 0 Å². The highest BCUT2D eigenvalue weighted by Gasteiger charge is 2.27. The Balaban J connectivity index is 1.80. The molecule has 4 aromatic rings. The Morgan fingerprint density at radius 2 is 1.77 bits per heavy atom. The molecule has 1 aliphatic heterocycles. The summed E-state index contributed by atoms with van der Waals surface area (Å²) in [4.78, 5) is 6.73. The van der Waals surface area contributed by atoms with Gasteiger partial charge in [-0.1, -0.05) is 24.3 Å². The minimum Gasteiger partial charge on any atom is -0.438 e. The Morgan fingerprint density at radius 1 is 1.00 bits per heavy atom. The zero-order chi connectivity index (χ0) is 21.4. The molecule has 0 bridgehead atoms. The summed E-state index contributed by atoms with van der Waals surface area (Å²) in [5, 5.41) is 4.49. The van der Waals surface area contributed by atoms with E-state index in [1.807, 2.05) is 55.7 Å².